The maximum Gasteiger partial charge on any atom is 0.264 e. The first kappa shape index (κ1) is 13.4. The van der Waals surface area contributed by atoms with Gasteiger partial charge in [-0.1, -0.05) is 24.5 Å². The molecular weight excluding hydrogens is 256 g/mol. The van der Waals surface area contributed by atoms with E-state index in [-0.39, 0.29) is 11.9 Å². The molecule has 3 nitrogen and oxygen atoms in total. The molecule has 1 aromatic carbocycles. The number of nitrogen functional groups attached to an aromatic ring is 1. The number of nitrogens with two attached hydrogens (primary N) is 1. The van der Waals surface area contributed by atoms with E-state index >= 15 is 0 Å². The second-order valence-electron chi connectivity index (χ2n) is 4.45. The highest BCUT2D eigenvalue weighted by molar-refractivity contribution is 7.21. The predicted molar refractivity (Wildman–Crippen MR) is 81.4 cm³/mol. The number of rotatable bonds is 3. The fourth-order valence-electron chi connectivity index (χ4n) is 1.88. The minimum Gasteiger partial charge on any atom is -0.397 e. The van der Waals surface area contributed by atoms with Crippen LogP contribution in [0, 0.1) is 19.3 Å². The average molecular weight is 272 g/mol. The van der Waals surface area contributed by atoms with Gasteiger partial charge in [-0.2, -0.15) is 0 Å². The van der Waals surface area contributed by atoms with Crippen molar-refractivity contribution in [3.05, 3.63) is 28.6 Å². The molecule has 0 saturated carbocycles. The van der Waals surface area contributed by atoms with Gasteiger partial charge in [0.25, 0.3) is 5.91 Å². The van der Waals surface area contributed by atoms with E-state index in [0.717, 1.165) is 15.6 Å². The lowest BCUT2D eigenvalue weighted by Crippen LogP contribution is -2.33. The van der Waals surface area contributed by atoms with Crippen molar-refractivity contribution in [1.29, 1.82) is 0 Å². The highest BCUT2D eigenvalue weighted by Crippen LogP contribution is 2.34. The molecule has 0 saturated heterocycles. The Labute approximate surface area is 116 Å². The van der Waals surface area contributed by atoms with Crippen LogP contribution in [0.25, 0.3) is 10.1 Å². The highest BCUT2D eigenvalue weighted by Gasteiger charge is 2.18. The Morgan fingerprint density at radius 2 is 2.32 bits per heavy atom. The van der Waals surface area contributed by atoms with Crippen molar-refractivity contribution in [3.63, 3.8) is 0 Å². The molecule has 2 rings (SSSR count). The average Bonchev–Trinajstić information content (AvgIpc) is 2.73. The van der Waals surface area contributed by atoms with Crippen LogP contribution in [0.5, 0.6) is 0 Å². The Kier molecular flexibility index (Phi) is 3.77. The lowest BCUT2D eigenvalue weighted by molar-refractivity contribution is 0.0950. The SMILES string of the molecule is C#CC(CC)NC(=O)c1sc2ccc(C)cc2c1N. The molecule has 0 radical (unpaired) electrons. The standard InChI is InChI=1S/C15H16N2OS/c1-4-10(5-2)17-15(18)14-13(16)11-8-9(3)6-7-12(11)19-14/h1,6-8,10H,5,16H2,2-3H3,(H,17,18). The van der Waals surface area contributed by atoms with E-state index in [4.69, 9.17) is 12.2 Å². The van der Waals surface area contributed by atoms with Gasteiger partial charge in [0.2, 0.25) is 0 Å². The highest BCUT2D eigenvalue weighted by atomic mass is 32.1. The van der Waals surface area contributed by atoms with Gasteiger partial charge in [-0.15, -0.1) is 17.8 Å². The molecular formula is C15H16N2OS. The molecule has 1 heterocycles. The van der Waals surface area contributed by atoms with Crippen molar-refractivity contribution in [2.24, 2.45) is 0 Å². The van der Waals surface area contributed by atoms with Crippen LogP contribution in [0.4, 0.5) is 5.69 Å². The van der Waals surface area contributed by atoms with Gasteiger partial charge >= 0.3 is 0 Å². The summed E-state index contributed by atoms with van der Waals surface area (Å²) in [5.41, 5.74) is 7.72. The van der Waals surface area contributed by atoms with Gasteiger partial charge in [0.15, 0.2) is 0 Å². The maximum absolute atomic E-state index is 12.2. The van der Waals surface area contributed by atoms with Crippen molar-refractivity contribution in [2.75, 3.05) is 5.73 Å². The number of fused-ring (bicyclic) bond motifs is 1. The fraction of sp³-hybridized carbons (Fsp3) is 0.267. The quantitative estimate of drug-likeness (QED) is 0.844. The molecule has 3 N–H and O–H groups in total. The van der Waals surface area contributed by atoms with Crippen LogP contribution in [0.15, 0.2) is 18.2 Å². The largest absolute Gasteiger partial charge is 0.397 e. The maximum atomic E-state index is 12.2. The number of amides is 1. The molecule has 1 amide bonds. The molecule has 4 heteroatoms. The lowest BCUT2D eigenvalue weighted by atomic mass is 10.1. The monoisotopic (exact) mass is 272 g/mol. The number of hydrogen-bond acceptors (Lipinski definition) is 3. The Morgan fingerprint density at radius 1 is 1.58 bits per heavy atom. The smallest absolute Gasteiger partial charge is 0.264 e. The minimum atomic E-state index is -0.251. The second kappa shape index (κ2) is 5.33. The molecule has 0 aliphatic carbocycles. The molecule has 0 aliphatic rings. The van der Waals surface area contributed by atoms with E-state index in [0.29, 0.717) is 17.0 Å². The molecule has 1 unspecified atom stereocenters. The van der Waals surface area contributed by atoms with Crippen LogP contribution in [-0.4, -0.2) is 11.9 Å². The van der Waals surface area contributed by atoms with Crippen LogP contribution in [0.1, 0.15) is 28.6 Å². The minimum absolute atomic E-state index is 0.193. The van der Waals surface area contributed by atoms with Gasteiger partial charge < -0.3 is 11.1 Å². The van der Waals surface area contributed by atoms with Crippen LogP contribution in [-0.2, 0) is 0 Å². The van der Waals surface area contributed by atoms with E-state index in [1.807, 2.05) is 32.0 Å². The summed E-state index contributed by atoms with van der Waals surface area (Å²) in [6, 6.07) is 5.74. The normalized spacial score (nSPS) is 12.1. The van der Waals surface area contributed by atoms with E-state index < -0.39 is 0 Å². The zero-order chi connectivity index (χ0) is 14.0. The van der Waals surface area contributed by atoms with Gasteiger partial charge in [0.05, 0.1) is 11.7 Å². The van der Waals surface area contributed by atoms with Crippen molar-refractivity contribution in [1.82, 2.24) is 5.32 Å². The number of aryl methyl sites for hydroxylation is 1. The summed E-state index contributed by atoms with van der Waals surface area (Å²) in [4.78, 5) is 12.7. The van der Waals surface area contributed by atoms with E-state index in [1.54, 1.807) is 0 Å². The summed E-state index contributed by atoms with van der Waals surface area (Å²) >= 11 is 1.40. The summed E-state index contributed by atoms with van der Waals surface area (Å²) < 4.78 is 1.02. The third-order valence-electron chi connectivity index (χ3n) is 3.00. The second-order valence-corrected chi connectivity index (χ2v) is 5.50. The number of benzene rings is 1. The first-order chi connectivity index (χ1) is 9.06. The van der Waals surface area contributed by atoms with E-state index in [9.17, 15) is 4.79 Å². The van der Waals surface area contributed by atoms with Gasteiger partial charge in [-0.25, -0.2) is 0 Å². The molecule has 0 spiro atoms. The van der Waals surface area contributed by atoms with Crippen LogP contribution >= 0.6 is 11.3 Å². The van der Waals surface area contributed by atoms with Crippen molar-refractivity contribution < 1.29 is 4.79 Å². The zero-order valence-corrected chi connectivity index (χ0v) is 11.8. The summed E-state index contributed by atoms with van der Waals surface area (Å²) in [5, 5.41) is 3.74. The van der Waals surface area contributed by atoms with Crippen molar-refractivity contribution >= 4 is 33.0 Å². The predicted octanol–water partition coefficient (Wildman–Crippen LogP) is 2.93. The number of carbonyl (C=O) groups excluding carboxylic acids is 1. The number of terminal acetylenes is 1. The topological polar surface area (TPSA) is 55.1 Å². The van der Waals surface area contributed by atoms with E-state index in [1.165, 1.54) is 11.3 Å². The Balaban J connectivity index is 2.38. The summed E-state index contributed by atoms with van der Waals surface area (Å²) in [7, 11) is 0. The third kappa shape index (κ3) is 2.56. The number of nitrogens with one attached hydrogen (secondary N) is 1. The molecule has 0 fully saturated rings. The lowest BCUT2D eigenvalue weighted by Gasteiger charge is -2.09. The molecule has 0 bridgehead atoms. The Hall–Kier alpha value is -1.99. The molecule has 19 heavy (non-hydrogen) atoms. The van der Waals surface area contributed by atoms with Gasteiger partial charge in [0, 0.05) is 10.1 Å². The number of carbonyl (C=O) groups is 1. The van der Waals surface area contributed by atoms with Gasteiger partial charge in [-0.3, -0.25) is 4.79 Å². The summed E-state index contributed by atoms with van der Waals surface area (Å²) in [5.74, 6) is 2.35. The van der Waals surface area contributed by atoms with Crippen molar-refractivity contribution in [3.8, 4) is 12.3 Å². The number of thiophene rings is 1. The summed E-state index contributed by atoms with van der Waals surface area (Å²) in [6.07, 6.45) is 6.05. The molecule has 0 aliphatic heterocycles. The van der Waals surface area contributed by atoms with Crippen LogP contribution in [0.2, 0.25) is 0 Å². The summed E-state index contributed by atoms with van der Waals surface area (Å²) in [6.45, 7) is 3.93. The number of hydrogen-bond donors (Lipinski definition) is 2. The Bertz CT molecular complexity index is 667. The van der Waals surface area contributed by atoms with Gasteiger partial charge in [0.1, 0.15) is 4.88 Å². The van der Waals surface area contributed by atoms with Gasteiger partial charge in [-0.05, 0) is 25.5 Å². The first-order valence-electron chi connectivity index (χ1n) is 6.12. The molecule has 2 aromatic rings. The van der Waals surface area contributed by atoms with E-state index in [2.05, 4.69) is 11.2 Å². The Morgan fingerprint density at radius 3 is 2.95 bits per heavy atom. The molecule has 1 atom stereocenters. The first-order valence-corrected chi connectivity index (χ1v) is 6.94. The molecule has 1 aromatic heterocycles. The zero-order valence-electron chi connectivity index (χ0n) is 11.0. The van der Waals surface area contributed by atoms with Crippen LogP contribution < -0.4 is 11.1 Å². The van der Waals surface area contributed by atoms with Crippen molar-refractivity contribution in [2.45, 2.75) is 26.3 Å². The fourth-order valence-corrected chi connectivity index (χ4v) is 2.89. The number of anilines is 1. The van der Waals surface area contributed by atoms with Crippen LogP contribution in [0.3, 0.4) is 0 Å². The third-order valence-corrected chi connectivity index (χ3v) is 4.19. The molecule has 98 valence electrons.